The van der Waals surface area contributed by atoms with Crippen LogP contribution in [0.25, 0.3) is 11.0 Å². The third-order valence-corrected chi connectivity index (χ3v) is 4.83. The lowest BCUT2D eigenvalue weighted by molar-refractivity contribution is -0.144. The molecular formula is C19H24O4. The highest BCUT2D eigenvalue weighted by Crippen LogP contribution is 2.45. The van der Waals surface area contributed by atoms with E-state index >= 15 is 0 Å². The summed E-state index contributed by atoms with van der Waals surface area (Å²) in [6.07, 6.45) is 5.42. The summed E-state index contributed by atoms with van der Waals surface area (Å²) in [5, 5.41) is 1.04. The molecule has 0 saturated heterocycles. The molecule has 1 aliphatic carbocycles. The van der Waals surface area contributed by atoms with Crippen molar-refractivity contribution >= 4 is 16.9 Å². The van der Waals surface area contributed by atoms with E-state index in [1.165, 1.54) is 11.1 Å². The van der Waals surface area contributed by atoms with Gasteiger partial charge in [0.1, 0.15) is 6.61 Å². The number of carbonyl (C=O) groups excluding carboxylic acids is 1. The molecule has 0 spiro atoms. The maximum absolute atomic E-state index is 11.6. The number of hydrogen-bond donors (Lipinski definition) is 0. The van der Waals surface area contributed by atoms with E-state index in [9.17, 15) is 4.79 Å². The summed E-state index contributed by atoms with van der Waals surface area (Å²) in [5.74, 6) is 1.11. The first-order valence-corrected chi connectivity index (χ1v) is 8.33. The van der Waals surface area contributed by atoms with Crippen LogP contribution in [0, 0.1) is 6.92 Å². The number of fused-ring (bicyclic) bond motifs is 2. The van der Waals surface area contributed by atoms with Gasteiger partial charge in [0.15, 0.2) is 11.3 Å². The molecular weight excluding hydrogens is 292 g/mol. The molecule has 0 saturated carbocycles. The van der Waals surface area contributed by atoms with Gasteiger partial charge in [-0.25, -0.2) is 0 Å². The molecule has 4 nitrogen and oxygen atoms in total. The molecule has 124 valence electrons. The summed E-state index contributed by atoms with van der Waals surface area (Å²) in [4.78, 5) is 11.6. The number of benzene rings is 1. The number of methoxy groups -OCH3 is 1. The average molecular weight is 316 g/mol. The lowest BCUT2D eigenvalue weighted by Crippen LogP contribution is -2.14. The Morgan fingerprint density at radius 2 is 2.22 bits per heavy atom. The van der Waals surface area contributed by atoms with Crippen LogP contribution < -0.4 is 4.74 Å². The minimum Gasteiger partial charge on any atom is -0.493 e. The normalized spacial score (nSPS) is 17.1. The molecule has 0 amide bonds. The first-order valence-electron chi connectivity index (χ1n) is 8.33. The smallest absolute Gasteiger partial charge is 0.305 e. The van der Waals surface area contributed by atoms with Gasteiger partial charge >= 0.3 is 5.97 Å². The van der Waals surface area contributed by atoms with Crippen LogP contribution in [-0.4, -0.2) is 13.1 Å². The lowest BCUT2D eigenvalue weighted by atomic mass is 9.79. The summed E-state index contributed by atoms with van der Waals surface area (Å²) < 4.78 is 16.9. The van der Waals surface area contributed by atoms with Gasteiger partial charge in [0.2, 0.25) is 0 Å². The highest BCUT2D eigenvalue weighted by Gasteiger charge is 2.29. The number of aryl methyl sites for hydroxylation is 1. The summed E-state index contributed by atoms with van der Waals surface area (Å²) in [6.45, 7) is 6.38. The Kier molecular flexibility index (Phi) is 4.33. The Balaban J connectivity index is 2.24. The summed E-state index contributed by atoms with van der Waals surface area (Å²) in [7, 11) is 1.70. The lowest BCUT2D eigenvalue weighted by Gasteiger charge is -2.27. The minimum atomic E-state index is -0.174. The molecule has 0 radical (unpaired) electrons. The van der Waals surface area contributed by atoms with Crippen LogP contribution in [0.15, 0.2) is 10.7 Å². The van der Waals surface area contributed by atoms with Crippen LogP contribution in [0.2, 0.25) is 0 Å². The topological polar surface area (TPSA) is 48.7 Å². The van der Waals surface area contributed by atoms with Gasteiger partial charge in [-0.2, -0.15) is 0 Å². The zero-order valence-corrected chi connectivity index (χ0v) is 14.3. The van der Waals surface area contributed by atoms with E-state index in [2.05, 4.69) is 6.92 Å². The monoisotopic (exact) mass is 316 g/mol. The maximum atomic E-state index is 11.6. The fourth-order valence-electron chi connectivity index (χ4n) is 3.76. The van der Waals surface area contributed by atoms with Crippen molar-refractivity contribution in [2.75, 3.05) is 7.11 Å². The van der Waals surface area contributed by atoms with E-state index in [4.69, 9.17) is 13.9 Å². The molecule has 0 fully saturated rings. The number of ether oxygens (including phenoxy) is 2. The zero-order chi connectivity index (χ0) is 16.6. The summed E-state index contributed by atoms with van der Waals surface area (Å²) in [6, 6.07) is 0. The number of carbonyl (C=O) groups is 1. The molecule has 1 aliphatic rings. The van der Waals surface area contributed by atoms with Crippen LogP contribution >= 0.6 is 0 Å². The third kappa shape index (κ3) is 2.60. The predicted octanol–water partition coefficient (Wildman–Crippen LogP) is 4.64. The van der Waals surface area contributed by atoms with Crippen molar-refractivity contribution in [3.05, 3.63) is 28.5 Å². The molecule has 0 N–H and O–H groups in total. The number of esters is 1. The van der Waals surface area contributed by atoms with E-state index < -0.39 is 0 Å². The zero-order valence-electron chi connectivity index (χ0n) is 14.3. The largest absolute Gasteiger partial charge is 0.493 e. The second-order valence-electron chi connectivity index (χ2n) is 6.33. The highest BCUT2D eigenvalue weighted by molar-refractivity contribution is 5.92. The maximum Gasteiger partial charge on any atom is 0.305 e. The van der Waals surface area contributed by atoms with Crippen molar-refractivity contribution in [3.8, 4) is 5.75 Å². The Morgan fingerprint density at radius 1 is 1.43 bits per heavy atom. The Labute approximate surface area is 136 Å². The fourth-order valence-corrected chi connectivity index (χ4v) is 3.76. The van der Waals surface area contributed by atoms with Crippen molar-refractivity contribution in [3.63, 3.8) is 0 Å². The van der Waals surface area contributed by atoms with Crippen molar-refractivity contribution < 1.29 is 18.7 Å². The van der Waals surface area contributed by atoms with Gasteiger partial charge in [0, 0.05) is 22.9 Å². The minimum absolute atomic E-state index is 0.174. The quantitative estimate of drug-likeness (QED) is 0.771. The fraction of sp³-hybridized carbons (Fsp3) is 0.526. The van der Waals surface area contributed by atoms with Gasteiger partial charge in [-0.05, 0) is 43.2 Å². The first-order chi connectivity index (χ1) is 11.1. The molecule has 23 heavy (non-hydrogen) atoms. The molecule has 1 aromatic heterocycles. The third-order valence-electron chi connectivity index (χ3n) is 4.83. The molecule has 0 bridgehead atoms. The van der Waals surface area contributed by atoms with Gasteiger partial charge in [-0.3, -0.25) is 4.79 Å². The van der Waals surface area contributed by atoms with E-state index in [1.807, 2.05) is 13.8 Å². The molecule has 0 unspecified atom stereocenters. The van der Waals surface area contributed by atoms with Crippen LogP contribution in [-0.2, 0) is 22.6 Å². The van der Waals surface area contributed by atoms with E-state index in [0.29, 0.717) is 18.9 Å². The van der Waals surface area contributed by atoms with Crippen LogP contribution in [0.4, 0.5) is 0 Å². The van der Waals surface area contributed by atoms with Crippen molar-refractivity contribution in [2.45, 2.75) is 59.0 Å². The van der Waals surface area contributed by atoms with E-state index in [0.717, 1.165) is 47.1 Å². The van der Waals surface area contributed by atoms with Gasteiger partial charge in [-0.1, -0.05) is 13.8 Å². The number of hydrogen-bond acceptors (Lipinski definition) is 4. The number of furan rings is 1. The second kappa shape index (κ2) is 6.26. The molecule has 1 aromatic carbocycles. The van der Waals surface area contributed by atoms with Crippen LogP contribution in [0.5, 0.6) is 5.75 Å². The molecule has 1 atom stereocenters. The van der Waals surface area contributed by atoms with Crippen molar-refractivity contribution in [2.24, 2.45) is 0 Å². The van der Waals surface area contributed by atoms with Crippen LogP contribution in [0.1, 0.15) is 61.3 Å². The number of rotatable bonds is 4. The molecule has 4 heteroatoms. The molecule has 0 aliphatic heterocycles. The highest BCUT2D eigenvalue weighted by atomic mass is 16.5. The predicted molar refractivity (Wildman–Crippen MR) is 88.9 cm³/mol. The first kappa shape index (κ1) is 15.9. The SMILES string of the molecule is CCC(=O)OCc1c2c(c(OC)c3occ(C)c13)CCC[C@@H]2C. The summed E-state index contributed by atoms with van der Waals surface area (Å²) >= 11 is 0. The second-order valence-corrected chi connectivity index (χ2v) is 6.33. The Hall–Kier alpha value is -1.97. The van der Waals surface area contributed by atoms with Crippen molar-refractivity contribution in [1.82, 2.24) is 0 Å². The van der Waals surface area contributed by atoms with Gasteiger partial charge in [0.25, 0.3) is 0 Å². The van der Waals surface area contributed by atoms with E-state index in [1.54, 1.807) is 13.4 Å². The molecule has 1 heterocycles. The molecule has 2 aromatic rings. The van der Waals surface area contributed by atoms with Gasteiger partial charge in [0.05, 0.1) is 13.4 Å². The van der Waals surface area contributed by atoms with E-state index in [-0.39, 0.29) is 5.97 Å². The average Bonchev–Trinajstić information content (AvgIpc) is 2.93. The van der Waals surface area contributed by atoms with Gasteiger partial charge < -0.3 is 13.9 Å². The van der Waals surface area contributed by atoms with Crippen LogP contribution in [0.3, 0.4) is 0 Å². The molecule has 3 rings (SSSR count). The van der Waals surface area contributed by atoms with Gasteiger partial charge in [-0.15, -0.1) is 0 Å². The standard InChI is InChI=1S/C19H24O4/c1-5-15(20)22-10-14-16-11(2)7-6-8-13(16)18(21-4)19-17(14)12(3)9-23-19/h9,11H,5-8,10H2,1-4H3/t11-/m0/s1. The Bertz CT molecular complexity index is 742. The summed E-state index contributed by atoms with van der Waals surface area (Å²) in [5.41, 5.74) is 5.43. The van der Waals surface area contributed by atoms with Crippen molar-refractivity contribution in [1.29, 1.82) is 0 Å². The Morgan fingerprint density at radius 3 is 2.91 bits per heavy atom.